The number of aliphatic hydroxyl groups is 1. The van der Waals surface area contributed by atoms with Crippen LogP contribution in [0.2, 0.25) is 0 Å². The predicted molar refractivity (Wildman–Crippen MR) is 75.3 cm³/mol. The van der Waals surface area contributed by atoms with E-state index in [1.807, 2.05) is 13.8 Å². The molecule has 20 heavy (non-hydrogen) atoms. The van der Waals surface area contributed by atoms with E-state index < -0.39 is 17.2 Å². The van der Waals surface area contributed by atoms with E-state index in [1.54, 1.807) is 4.68 Å². The molecule has 0 amide bonds. The molecular weight excluding hydrogens is 330 g/mol. The summed E-state index contributed by atoms with van der Waals surface area (Å²) in [6.07, 6.45) is 1.53. The second-order valence-corrected chi connectivity index (χ2v) is 5.91. The monoisotopic (exact) mass is 344 g/mol. The third-order valence-electron chi connectivity index (χ3n) is 3.18. The van der Waals surface area contributed by atoms with Crippen LogP contribution in [0.5, 0.6) is 0 Å². The fourth-order valence-corrected chi connectivity index (χ4v) is 2.85. The largest absolute Gasteiger partial charge is 0.379 e. The molecule has 0 fully saturated rings. The highest BCUT2D eigenvalue weighted by Crippen LogP contribution is 2.36. The van der Waals surface area contributed by atoms with Crippen LogP contribution in [0.3, 0.4) is 0 Å². The Bertz CT molecular complexity index is 638. The number of aromatic nitrogens is 2. The molecule has 1 heterocycles. The van der Waals surface area contributed by atoms with E-state index in [0.717, 1.165) is 6.07 Å². The van der Waals surface area contributed by atoms with Crippen molar-refractivity contribution in [3.05, 3.63) is 51.8 Å². The lowest BCUT2D eigenvalue weighted by Gasteiger charge is -2.27. The van der Waals surface area contributed by atoms with Crippen LogP contribution in [0, 0.1) is 11.6 Å². The van der Waals surface area contributed by atoms with Crippen LogP contribution in [-0.2, 0) is 5.60 Å². The van der Waals surface area contributed by atoms with Crippen molar-refractivity contribution in [2.24, 2.45) is 0 Å². The second-order valence-electron chi connectivity index (χ2n) is 5.05. The first-order valence-electron chi connectivity index (χ1n) is 6.17. The Labute approximate surface area is 124 Å². The molecule has 0 spiro atoms. The molecule has 6 heteroatoms. The summed E-state index contributed by atoms with van der Waals surface area (Å²) in [4.78, 5) is 0. The highest BCUT2D eigenvalue weighted by atomic mass is 79.9. The lowest BCUT2D eigenvalue weighted by molar-refractivity contribution is 0.0843. The van der Waals surface area contributed by atoms with Gasteiger partial charge in [0.15, 0.2) is 11.6 Å². The first kappa shape index (κ1) is 15.1. The number of nitrogens with zero attached hydrogens (tertiary/aromatic N) is 2. The Morgan fingerprint density at radius 2 is 2.00 bits per heavy atom. The van der Waals surface area contributed by atoms with Crippen LogP contribution in [0.4, 0.5) is 8.78 Å². The van der Waals surface area contributed by atoms with Gasteiger partial charge in [0.25, 0.3) is 0 Å². The van der Waals surface area contributed by atoms with E-state index in [4.69, 9.17) is 0 Å². The SMILES string of the molecule is CC(C)n1ncc(Br)c1C(C)(O)c1cccc(F)c1F. The van der Waals surface area contributed by atoms with Crippen LogP contribution in [0.1, 0.15) is 38.1 Å². The summed E-state index contributed by atoms with van der Waals surface area (Å²) in [7, 11) is 0. The van der Waals surface area contributed by atoms with Crippen LogP contribution in [-0.4, -0.2) is 14.9 Å². The quantitative estimate of drug-likeness (QED) is 0.920. The summed E-state index contributed by atoms with van der Waals surface area (Å²) in [5, 5.41) is 14.9. The normalized spacial score (nSPS) is 14.6. The van der Waals surface area contributed by atoms with Gasteiger partial charge in [-0.2, -0.15) is 5.10 Å². The first-order valence-corrected chi connectivity index (χ1v) is 6.96. The van der Waals surface area contributed by atoms with Crippen LogP contribution < -0.4 is 0 Å². The third-order valence-corrected chi connectivity index (χ3v) is 3.76. The van der Waals surface area contributed by atoms with E-state index in [9.17, 15) is 13.9 Å². The molecule has 0 aliphatic heterocycles. The van der Waals surface area contributed by atoms with Crippen molar-refractivity contribution in [3.63, 3.8) is 0 Å². The van der Waals surface area contributed by atoms with Gasteiger partial charge in [0.2, 0.25) is 0 Å². The minimum Gasteiger partial charge on any atom is -0.379 e. The van der Waals surface area contributed by atoms with Crippen LogP contribution in [0.15, 0.2) is 28.9 Å². The van der Waals surface area contributed by atoms with Crippen molar-refractivity contribution in [2.45, 2.75) is 32.4 Å². The summed E-state index contributed by atoms with van der Waals surface area (Å²) in [5.74, 6) is -2.05. The Kier molecular flexibility index (Phi) is 3.97. The van der Waals surface area contributed by atoms with Gasteiger partial charge in [0.05, 0.1) is 16.4 Å². The van der Waals surface area contributed by atoms with Crippen molar-refractivity contribution in [2.75, 3.05) is 0 Å². The zero-order valence-electron chi connectivity index (χ0n) is 11.4. The van der Waals surface area contributed by atoms with Gasteiger partial charge in [0, 0.05) is 11.6 Å². The van der Waals surface area contributed by atoms with Gasteiger partial charge in [-0.1, -0.05) is 12.1 Å². The first-order chi connectivity index (χ1) is 9.26. The topological polar surface area (TPSA) is 38.0 Å². The van der Waals surface area contributed by atoms with Crippen molar-refractivity contribution < 1.29 is 13.9 Å². The average molecular weight is 345 g/mol. The van der Waals surface area contributed by atoms with Crippen molar-refractivity contribution in [3.8, 4) is 0 Å². The van der Waals surface area contributed by atoms with E-state index in [0.29, 0.717) is 10.2 Å². The van der Waals surface area contributed by atoms with Gasteiger partial charge in [-0.05, 0) is 42.8 Å². The number of rotatable bonds is 3. The fraction of sp³-hybridized carbons (Fsp3) is 0.357. The third kappa shape index (κ3) is 2.38. The van der Waals surface area contributed by atoms with Crippen LogP contribution >= 0.6 is 15.9 Å². The Morgan fingerprint density at radius 3 is 2.60 bits per heavy atom. The van der Waals surface area contributed by atoms with E-state index in [2.05, 4.69) is 21.0 Å². The lowest BCUT2D eigenvalue weighted by atomic mass is 9.91. The molecule has 0 saturated carbocycles. The molecule has 1 unspecified atom stereocenters. The zero-order valence-corrected chi connectivity index (χ0v) is 12.9. The lowest BCUT2D eigenvalue weighted by Crippen LogP contribution is -2.29. The number of hydrogen-bond donors (Lipinski definition) is 1. The van der Waals surface area contributed by atoms with Crippen LogP contribution in [0.25, 0.3) is 0 Å². The molecule has 108 valence electrons. The number of halogens is 3. The van der Waals surface area contributed by atoms with Crippen molar-refractivity contribution >= 4 is 15.9 Å². The molecule has 0 saturated heterocycles. The van der Waals surface area contributed by atoms with E-state index in [1.165, 1.54) is 25.3 Å². The predicted octanol–water partition coefficient (Wildman–Crippen LogP) is 3.76. The Morgan fingerprint density at radius 1 is 1.35 bits per heavy atom. The van der Waals surface area contributed by atoms with Gasteiger partial charge in [-0.15, -0.1) is 0 Å². The van der Waals surface area contributed by atoms with E-state index >= 15 is 0 Å². The summed E-state index contributed by atoms with van der Waals surface area (Å²) < 4.78 is 29.5. The Balaban J connectivity index is 2.66. The van der Waals surface area contributed by atoms with Gasteiger partial charge in [-0.25, -0.2) is 8.78 Å². The number of benzene rings is 1. The maximum absolute atomic E-state index is 14.0. The summed E-state index contributed by atoms with van der Waals surface area (Å²) >= 11 is 3.30. The second kappa shape index (κ2) is 5.26. The molecule has 3 nitrogen and oxygen atoms in total. The molecule has 0 aliphatic carbocycles. The standard InChI is InChI=1S/C14H15BrF2N2O/c1-8(2)19-13(10(15)7-18-19)14(3,20)9-5-4-6-11(16)12(9)17/h4-8,20H,1-3H3. The highest BCUT2D eigenvalue weighted by molar-refractivity contribution is 9.10. The molecule has 1 N–H and O–H groups in total. The molecule has 0 radical (unpaired) electrons. The summed E-state index contributed by atoms with van der Waals surface area (Å²) in [6, 6.07) is 3.72. The van der Waals surface area contributed by atoms with Gasteiger partial charge >= 0.3 is 0 Å². The highest BCUT2D eigenvalue weighted by Gasteiger charge is 2.35. The maximum atomic E-state index is 14.0. The van der Waals surface area contributed by atoms with Gasteiger partial charge in [0.1, 0.15) is 5.60 Å². The van der Waals surface area contributed by atoms with Crippen molar-refractivity contribution in [1.82, 2.24) is 9.78 Å². The molecule has 0 bridgehead atoms. The smallest absolute Gasteiger partial charge is 0.165 e. The number of hydrogen-bond acceptors (Lipinski definition) is 2. The molecule has 1 aromatic heterocycles. The fourth-order valence-electron chi connectivity index (χ4n) is 2.20. The summed E-state index contributed by atoms with van der Waals surface area (Å²) in [5.41, 5.74) is -1.44. The minimum absolute atomic E-state index is 0.0283. The molecule has 2 aromatic rings. The van der Waals surface area contributed by atoms with Gasteiger partial charge < -0.3 is 5.11 Å². The van der Waals surface area contributed by atoms with E-state index in [-0.39, 0.29) is 11.6 Å². The zero-order chi connectivity index (χ0) is 15.1. The molecular formula is C14H15BrF2N2O. The molecule has 2 rings (SSSR count). The van der Waals surface area contributed by atoms with Crippen molar-refractivity contribution in [1.29, 1.82) is 0 Å². The maximum Gasteiger partial charge on any atom is 0.165 e. The Hall–Kier alpha value is -1.27. The molecule has 1 atom stereocenters. The summed E-state index contributed by atoms with van der Waals surface area (Å²) in [6.45, 7) is 5.20. The molecule has 0 aliphatic rings. The average Bonchev–Trinajstić information content (AvgIpc) is 2.75. The minimum atomic E-state index is -1.70. The molecule has 1 aromatic carbocycles. The van der Waals surface area contributed by atoms with Gasteiger partial charge in [-0.3, -0.25) is 4.68 Å².